The summed E-state index contributed by atoms with van der Waals surface area (Å²) in [7, 11) is 0. The van der Waals surface area contributed by atoms with Crippen molar-refractivity contribution in [3.8, 4) is 10.6 Å². The van der Waals surface area contributed by atoms with Crippen LogP contribution in [-0.4, -0.2) is 10.9 Å². The van der Waals surface area contributed by atoms with Gasteiger partial charge in [0, 0.05) is 16.6 Å². The average Bonchev–Trinajstić information content (AvgIpc) is 3.23. The molecule has 2 heterocycles. The maximum atomic E-state index is 13.0. The number of aromatic nitrogens is 1. The Labute approximate surface area is 163 Å². The van der Waals surface area contributed by atoms with E-state index in [9.17, 15) is 4.79 Å². The first kappa shape index (κ1) is 18.8. The molecule has 5 heteroatoms. The van der Waals surface area contributed by atoms with E-state index in [-0.39, 0.29) is 5.91 Å². The third kappa shape index (κ3) is 3.74. The largest absolute Gasteiger partial charge is 0.321 e. The topological polar surface area (TPSA) is 42.0 Å². The number of thiophene rings is 1. The van der Waals surface area contributed by atoms with Crippen LogP contribution in [0.5, 0.6) is 0 Å². The molecular formula is C21H24N2OS2. The van der Waals surface area contributed by atoms with Crippen molar-refractivity contribution in [3.05, 3.63) is 56.7 Å². The van der Waals surface area contributed by atoms with Crippen molar-refractivity contribution in [2.45, 2.75) is 46.5 Å². The summed E-state index contributed by atoms with van der Waals surface area (Å²) >= 11 is 3.09. The number of amides is 1. The Morgan fingerprint density at radius 1 is 1.08 bits per heavy atom. The minimum absolute atomic E-state index is 0.0727. The summed E-state index contributed by atoms with van der Waals surface area (Å²) in [5.74, 6) is 0.609. The highest BCUT2D eigenvalue weighted by Crippen LogP contribution is 2.34. The quantitative estimate of drug-likeness (QED) is 0.533. The van der Waals surface area contributed by atoms with Gasteiger partial charge in [-0.25, -0.2) is 4.98 Å². The van der Waals surface area contributed by atoms with E-state index in [0.717, 1.165) is 22.0 Å². The minimum Gasteiger partial charge on any atom is -0.321 e. The lowest BCUT2D eigenvalue weighted by Crippen LogP contribution is -2.15. The van der Waals surface area contributed by atoms with E-state index >= 15 is 0 Å². The van der Waals surface area contributed by atoms with Crippen molar-refractivity contribution in [1.82, 2.24) is 4.98 Å². The summed E-state index contributed by atoms with van der Waals surface area (Å²) in [6, 6.07) is 8.31. The third-order valence-electron chi connectivity index (χ3n) is 4.38. The van der Waals surface area contributed by atoms with Gasteiger partial charge in [-0.05, 0) is 41.3 Å². The van der Waals surface area contributed by atoms with Gasteiger partial charge >= 0.3 is 0 Å². The van der Waals surface area contributed by atoms with Gasteiger partial charge < -0.3 is 5.32 Å². The van der Waals surface area contributed by atoms with E-state index in [1.165, 1.54) is 22.5 Å². The van der Waals surface area contributed by atoms with Gasteiger partial charge in [-0.2, -0.15) is 11.3 Å². The number of carbonyl (C=O) groups is 1. The minimum atomic E-state index is -0.0727. The molecule has 0 bridgehead atoms. The number of anilines is 1. The van der Waals surface area contributed by atoms with Crippen molar-refractivity contribution in [3.63, 3.8) is 0 Å². The van der Waals surface area contributed by atoms with Crippen LogP contribution in [0, 0.1) is 6.92 Å². The van der Waals surface area contributed by atoms with Crippen molar-refractivity contribution in [2.75, 3.05) is 5.32 Å². The summed E-state index contributed by atoms with van der Waals surface area (Å²) in [6.45, 7) is 10.5. The van der Waals surface area contributed by atoms with Crippen LogP contribution in [0.15, 0.2) is 35.0 Å². The lowest BCUT2D eigenvalue weighted by Gasteiger charge is -2.20. The van der Waals surface area contributed by atoms with Crippen molar-refractivity contribution in [1.29, 1.82) is 0 Å². The number of hydrogen-bond donors (Lipinski definition) is 1. The summed E-state index contributed by atoms with van der Waals surface area (Å²) in [5, 5.41) is 8.18. The van der Waals surface area contributed by atoms with Crippen molar-refractivity contribution in [2.24, 2.45) is 0 Å². The lowest BCUT2D eigenvalue weighted by molar-refractivity contribution is 0.102. The molecule has 0 radical (unpaired) electrons. The summed E-state index contributed by atoms with van der Waals surface area (Å²) < 4.78 is 0. The van der Waals surface area contributed by atoms with Crippen LogP contribution in [-0.2, 0) is 0 Å². The molecule has 1 aromatic carbocycles. The fourth-order valence-electron chi connectivity index (χ4n) is 2.98. The molecule has 0 spiro atoms. The van der Waals surface area contributed by atoms with Crippen LogP contribution in [0.1, 0.15) is 66.0 Å². The second-order valence-electron chi connectivity index (χ2n) is 7.02. The number of hydrogen-bond acceptors (Lipinski definition) is 4. The zero-order valence-electron chi connectivity index (χ0n) is 15.8. The van der Waals surface area contributed by atoms with Crippen LogP contribution < -0.4 is 5.32 Å². The first-order chi connectivity index (χ1) is 12.4. The summed E-state index contributed by atoms with van der Waals surface area (Å²) in [5.41, 5.74) is 5.15. The van der Waals surface area contributed by atoms with Gasteiger partial charge in [0.25, 0.3) is 5.91 Å². The van der Waals surface area contributed by atoms with Crippen molar-refractivity contribution >= 4 is 34.3 Å². The zero-order chi connectivity index (χ0) is 18.8. The molecule has 0 aliphatic carbocycles. The maximum absolute atomic E-state index is 13.0. The van der Waals surface area contributed by atoms with E-state index in [2.05, 4.69) is 61.6 Å². The van der Waals surface area contributed by atoms with Gasteiger partial charge in [0.15, 0.2) is 0 Å². The van der Waals surface area contributed by atoms with Crippen LogP contribution >= 0.6 is 22.7 Å². The van der Waals surface area contributed by atoms with E-state index in [1.807, 2.05) is 18.4 Å². The van der Waals surface area contributed by atoms with Gasteiger partial charge in [0.2, 0.25) is 0 Å². The third-order valence-corrected chi connectivity index (χ3v) is 6.27. The molecule has 3 nitrogen and oxygen atoms in total. The molecule has 0 aliphatic rings. The number of carbonyl (C=O) groups excluding carboxylic acids is 1. The summed E-state index contributed by atoms with van der Waals surface area (Å²) in [6.07, 6.45) is 0. The molecule has 0 atom stereocenters. The van der Waals surface area contributed by atoms with Crippen LogP contribution in [0.2, 0.25) is 0 Å². The van der Waals surface area contributed by atoms with Crippen LogP contribution in [0.4, 0.5) is 5.69 Å². The van der Waals surface area contributed by atoms with E-state index in [1.54, 1.807) is 11.3 Å². The predicted molar refractivity (Wildman–Crippen MR) is 113 cm³/mol. The molecule has 1 amide bonds. The zero-order valence-corrected chi connectivity index (χ0v) is 17.4. The molecule has 1 N–H and O–H groups in total. The number of para-hydroxylation sites is 1. The first-order valence-electron chi connectivity index (χ1n) is 8.82. The Balaban J connectivity index is 1.96. The number of nitrogens with zero attached hydrogens (tertiary/aromatic N) is 1. The van der Waals surface area contributed by atoms with Gasteiger partial charge in [0.1, 0.15) is 9.88 Å². The number of rotatable bonds is 5. The molecule has 0 unspecified atom stereocenters. The number of nitrogens with one attached hydrogen (secondary N) is 1. The van der Waals surface area contributed by atoms with E-state index in [4.69, 9.17) is 0 Å². The predicted octanol–water partition coefficient (Wildman–Crippen LogP) is 6.68. The van der Waals surface area contributed by atoms with Crippen molar-refractivity contribution < 1.29 is 4.79 Å². The van der Waals surface area contributed by atoms with Crippen LogP contribution in [0.25, 0.3) is 10.6 Å². The van der Waals surface area contributed by atoms with Gasteiger partial charge in [-0.15, -0.1) is 11.3 Å². The summed E-state index contributed by atoms with van der Waals surface area (Å²) in [4.78, 5) is 18.3. The maximum Gasteiger partial charge on any atom is 0.267 e. The first-order valence-corrected chi connectivity index (χ1v) is 10.6. The normalized spacial score (nSPS) is 11.3. The number of thiazole rings is 1. The molecule has 0 saturated carbocycles. The highest BCUT2D eigenvalue weighted by atomic mass is 32.1. The van der Waals surface area contributed by atoms with Gasteiger partial charge in [-0.3, -0.25) is 4.79 Å². The monoisotopic (exact) mass is 384 g/mol. The Bertz CT molecular complexity index is 882. The molecular weight excluding hydrogens is 360 g/mol. The Hall–Kier alpha value is -1.98. The fraction of sp³-hybridized carbons (Fsp3) is 0.333. The molecule has 0 saturated heterocycles. The fourth-order valence-corrected chi connectivity index (χ4v) is 4.66. The standard InChI is InChI=1S/C21H24N2OS2/c1-12(2)16-7-6-8-17(13(3)4)18(16)23-20(24)19-14(5)22-21(26-19)15-9-10-25-11-15/h6-13H,1-5H3,(H,23,24). The van der Waals surface area contributed by atoms with E-state index in [0.29, 0.717) is 16.7 Å². The highest BCUT2D eigenvalue weighted by molar-refractivity contribution is 7.17. The Morgan fingerprint density at radius 2 is 1.73 bits per heavy atom. The second kappa shape index (κ2) is 7.72. The van der Waals surface area contributed by atoms with Gasteiger partial charge in [0.05, 0.1) is 5.69 Å². The molecule has 136 valence electrons. The Morgan fingerprint density at radius 3 is 2.27 bits per heavy atom. The smallest absolute Gasteiger partial charge is 0.267 e. The lowest BCUT2D eigenvalue weighted by atomic mass is 9.92. The molecule has 2 aromatic heterocycles. The molecule has 0 fully saturated rings. The van der Waals surface area contributed by atoms with E-state index < -0.39 is 0 Å². The molecule has 0 aliphatic heterocycles. The highest BCUT2D eigenvalue weighted by Gasteiger charge is 2.20. The molecule has 26 heavy (non-hydrogen) atoms. The average molecular weight is 385 g/mol. The Kier molecular flexibility index (Phi) is 5.58. The van der Waals surface area contributed by atoms with Crippen LogP contribution in [0.3, 0.4) is 0 Å². The molecule has 3 aromatic rings. The number of aryl methyl sites for hydroxylation is 1. The second-order valence-corrected chi connectivity index (χ2v) is 8.80. The number of benzene rings is 1. The SMILES string of the molecule is Cc1nc(-c2ccsc2)sc1C(=O)Nc1c(C(C)C)cccc1C(C)C. The molecule has 3 rings (SSSR count). The van der Waals surface area contributed by atoms with Gasteiger partial charge in [-0.1, -0.05) is 45.9 Å².